The van der Waals surface area contributed by atoms with E-state index >= 15 is 0 Å². The fraction of sp³-hybridized carbons (Fsp3) is 0.167. The maximum Gasteiger partial charge on any atom is 0.335 e. The number of hydrogen-bond acceptors (Lipinski definition) is 4. The summed E-state index contributed by atoms with van der Waals surface area (Å²) in [6.45, 7) is 2.31. The lowest BCUT2D eigenvalue weighted by Crippen LogP contribution is -2.04. The highest BCUT2D eigenvalue weighted by molar-refractivity contribution is 5.88. The van der Waals surface area contributed by atoms with Crippen LogP contribution in [0, 0.1) is 6.92 Å². The van der Waals surface area contributed by atoms with Gasteiger partial charge in [0.15, 0.2) is 0 Å². The summed E-state index contributed by atoms with van der Waals surface area (Å²) in [5.41, 5.74) is 1.87. The van der Waals surface area contributed by atoms with Crippen molar-refractivity contribution in [1.29, 1.82) is 0 Å². The molecule has 0 unspecified atom stereocenters. The third-order valence-electron chi connectivity index (χ3n) is 2.25. The van der Waals surface area contributed by atoms with Gasteiger partial charge in [0, 0.05) is 17.8 Å². The summed E-state index contributed by atoms with van der Waals surface area (Å²) in [7, 11) is 0. The number of aromatic carboxylic acids is 1. The Kier molecular flexibility index (Phi) is 3.09. The van der Waals surface area contributed by atoms with E-state index in [0.717, 1.165) is 5.56 Å². The van der Waals surface area contributed by atoms with Crippen molar-refractivity contribution >= 4 is 11.8 Å². The molecular weight excluding hydrogens is 220 g/mol. The highest BCUT2D eigenvalue weighted by atomic mass is 16.4. The molecule has 88 valence electrons. The summed E-state index contributed by atoms with van der Waals surface area (Å²) >= 11 is 0. The van der Waals surface area contributed by atoms with Gasteiger partial charge in [0.25, 0.3) is 0 Å². The summed E-state index contributed by atoms with van der Waals surface area (Å²) in [4.78, 5) is 15.1. The van der Waals surface area contributed by atoms with E-state index in [9.17, 15) is 4.79 Å². The number of furan rings is 1. The van der Waals surface area contributed by atoms with Crippen LogP contribution in [0.25, 0.3) is 0 Å². The molecule has 0 saturated heterocycles. The molecule has 0 amide bonds. The third-order valence-corrected chi connectivity index (χ3v) is 2.25. The zero-order valence-electron chi connectivity index (χ0n) is 9.30. The fourth-order valence-electron chi connectivity index (χ4n) is 1.47. The van der Waals surface area contributed by atoms with Crippen molar-refractivity contribution in [3.8, 4) is 0 Å². The Morgan fingerprint density at radius 2 is 2.35 bits per heavy atom. The SMILES string of the molecule is Cc1cc(C(=O)O)cc(NCc2ccoc2)n1. The quantitative estimate of drug-likeness (QED) is 0.845. The molecule has 0 fully saturated rings. The summed E-state index contributed by atoms with van der Waals surface area (Å²) in [6, 6.07) is 4.88. The van der Waals surface area contributed by atoms with Crippen molar-refractivity contribution in [2.24, 2.45) is 0 Å². The molecule has 5 nitrogen and oxygen atoms in total. The molecule has 0 aliphatic rings. The molecule has 0 aliphatic carbocycles. The van der Waals surface area contributed by atoms with Gasteiger partial charge in [-0.25, -0.2) is 9.78 Å². The Bertz CT molecular complexity index is 521. The second-order valence-corrected chi connectivity index (χ2v) is 3.67. The number of aryl methyl sites for hydroxylation is 1. The van der Waals surface area contributed by atoms with Crippen molar-refractivity contribution < 1.29 is 14.3 Å². The molecule has 0 atom stereocenters. The molecule has 2 heterocycles. The normalized spacial score (nSPS) is 10.2. The van der Waals surface area contributed by atoms with Gasteiger partial charge in [0.05, 0.1) is 18.1 Å². The number of carbonyl (C=O) groups is 1. The zero-order valence-corrected chi connectivity index (χ0v) is 9.30. The van der Waals surface area contributed by atoms with Gasteiger partial charge in [-0.15, -0.1) is 0 Å². The van der Waals surface area contributed by atoms with Crippen LogP contribution in [0.3, 0.4) is 0 Å². The molecule has 17 heavy (non-hydrogen) atoms. The van der Waals surface area contributed by atoms with Gasteiger partial charge in [0.1, 0.15) is 5.82 Å². The average Bonchev–Trinajstić information content (AvgIpc) is 2.78. The minimum absolute atomic E-state index is 0.229. The number of nitrogens with zero attached hydrogens (tertiary/aromatic N) is 1. The van der Waals surface area contributed by atoms with Gasteiger partial charge in [-0.3, -0.25) is 0 Å². The lowest BCUT2D eigenvalue weighted by Gasteiger charge is -2.06. The Balaban J connectivity index is 2.13. The second-order valence-electron chi connectivity index (χ2n) is 3.67. The second kappa shape index (κ2) is 4.69. The number of nitrogens with one attached hydrogen (secondary N) is 1. The van der Waals surface area contributed by atoms with Crippen LogP contribution in [0.4, 0.5) is 5.82 Å². The third kappa shape index (κ3) is 2.84. The predicted octanol–water partition coefficient (Wildman–Crippen LogP) is 2.29. The molecule has 2 aromatic heterocycles. The highest BCUT2D eigenvalue weighted by Crippen LogP contribution is 2.11. The van der Waals surface area contributed by atoms with Crippen molar-refractivity contribution in [1.82, 2.24) is 4.98 Å². The van der Waals surface area contributed by atoms with E-state index in [-0.39, 0.29) is 5.56 Å². The molecule has 0 aromatic carbocycles. The lowest BCUT2D eigenvalue weighted by molar-refractivity contribution is 0.0696. The van der Waals surface area contributed by atoms with Crippen LogP contribution in [0.2, 0.25) is 0 Å². The Morgan fingerprint density at radius 1 is 1.53 bits per heavy atom. The molecule has 2 aromatic rings. The van der Waals surface area contributed by atoms with Gasteiger partial charge >= 0.3 is 5.97 Å². The first-order chi connectivity index (χ1) is 8.15. The van der Waals surface area contributed by atoms with Crippen molar-refractivity contribution in [3.63, 3.8) is 0 Å². The fourth-order valence-corrected chi connectivity index (χ4v) is 1.47. The first kappa shape index (κ1) is 11.2. The maximum absolute atomic E-state index is 10.9. The van der Waals surface area contributed by atoms with Crippen LogP contribution < -0.4 is 5.32 Å². The Hall–Kier alpha value is -2.30. The Labute approximate surface area is 98.1 Å². The van der Waals surface area contributed by atoms with E-state index in [1.807, 2.05) is 6.07 Å². The van der Waals surface area contributed by atoms with E-state index in [4.69, 9.17) is 9.52 Å². The van der Waals surface area contributed by atoms with Gasteiger partial charge in [-0.2, -0.15) is 0 Å². The van der Waals surface area contributed by atoms with E-state index in [0.29, 0.717) is 18.1 Å². The number of anilines is 1. The maximum atomic E-state index is 10.9. The summed E-state index contributed by atoms with van der Waals surface area (Å²) in [5.74, 6) is -0.412. The first-order valence-corrected chi connectivity index (χ1v) is 5.12. The summed E-state index contributed by atoms with van der Waals surface area (Å²) in [6.07, 6.45) is 3.21. The van der Waals surface area contributed by atoms with Gasteiger partial charge in [0.2, 0.25) is 0 Å². The number of aromatic nitrogens is 1. The van der Waals surface area contributed by atoms with Crippen molar-refractivity contribution in [3.05, 3.63) is 47.5 Å². The number of rotatable bonds is 4. The van der Waals surface area contributed by atoms with Gasteiger partial charge in [-0.05, 0) is 25.1 Å². The van der Waals surface area contributed by atoms with Gasteiger partial charge < -0.3 is 14.8 Å². The standard InChI is InChI=1S/C12H12N2O3/c1-8-4-10(12(15)16)5-11(14-8)13-6-9-2-3-17-7-9/h2-5,7H,6H2,1H3,(H,13,14)(H,15,16). The zero-order chi connectivity index (χ0) is 12.3. The predicted molar refractivity (Wildman–Crippen MR) is 62.0 cm³/mol. The van der Waals surface area contributed by atoms with Crippen LogP contribution in [-0.4, -0.2) is 16.1 Å². The minimum atomic E-state index is -0.957. The molecular formula is C12H12N2O3. The molecule has 0 spiro atoms. The van der Waals surface area contributed by atoms with Crippen LogP contribution >= 0.6 is 0 Å². The topological polar surface area (TPSA) is 75.4 Å². The number of carboxylic acids is 1. The average molecular weight is 232 g/mol. The molecule has 2 rings (SSSR count). The van der Waals surface area contributed by atoms with Crippen molar-refractivity contribution in [2.45, 2.75) is 13.5 Å². The van der Waals surface area contributed by atoms with Crippen LogP contribution in [0.1, 0.15) is 21.6 Å². The molecule has 0 radical (unpaired) electrons. The highest BCUT2D eigenvalue weighted by Gasteiger charge is 2.06. The van der Waals surface area contributed by atoms with E-state index in [1.165, 1.54) is 12.1 Å². The van der Waals surface area contributed by atoms with Crippen LogP contribution in [0.5, 0.6) is 0 Å². The van der Waals surface area contributed by atoms with E-state index in [2.05, 4.69) is 10.3 Å². The number of hydrogen-bond donors (Lipinski definition) is 2. The largest absolute Gasteiger partial charge is 0.478 e. The van der Waals surface area contributed by atoms with Crippen LogP contribution in [-0.2, 0) is 6.54 Å². The number of pyridine rings is 1. The van der Waals surface area contributed by atoms with E-state index in [1.54, 1.807) is 19.5 Å². The molecule has 5 heteroatoms. The van der Waals surface area contributed by atoms with Gasteiger partial charge in [-0.1, -0.05) is 0 Å². The molecule has 0 aliphatic heterocycles. The number of carboxylic acid groups (broad SMARTS) is 1. The summed E-state index contributed by atoms with van der Waals surface area (Å²) in [5, 5.41) is 12.0. The van der Waals surface area contributed by atoms with Crippen molar-refractivity contribution in [2.75, 3.05) is 5.32 Å². The first-order valence-electron chi connectivity index (χ1n) is 5.12. The molecule has 0 bridgehead atoms. The smallest absolute Gasteiger partial charge is 0.335 e. The van der Waals surface area contributed by atoms with E-state index < -0.39 is 5.97 Å². The minimum Gasteiger partial charge on any atom is -0.478 e. The lowest BCUT2D eigenvalue weighted by atomic mass is 10.2. The molecule has 2 N–H and O–H groups in total. The summed E-state index contributed by atoms with van der Waals surface area (Å²) < 4.78 is 4.93. The van der Waals surface area contributed by atoms with Crippen LogP contribution in [0.15, 0.2) is 35.1 Å². The Morgan fingerprint density at radius 3 is 3.00 bits per heavy atom. The molecule has 0 saturated carbocycles. The monoisotopic (exact) mass is 232 g/mol.